The van der Waals surface area contributed by atoms with Crippen molar-refractivity contribution in [2.24, 2.45) is 0 Å². The first-order chi connectivity index (χ1) is 28.9. The van der Waals surface area contributed by atoms with Gasteiger partial charge < -0.3 is 9.32 Å². The van der Waals surface area contributed by atoms with E-state index in [-0.39, 0.29) is 5.41 Å². The molecule has 0 amide bonds. The Morgan fingerprint density at radius 3 is 1.95 bits per heavy atom. The molecule has 59 heavy (non-hydrogen) atoms. The van der Waals surface area contributed by atoms with Gasteiger partial charge in [0.25, 0.3) is 0 Å². The molecule has 0 N–H and O–H groups in total. The second-order valence-corrected chi connectivity index (χ2v) is 17.6. The fraction of sp³-hybridized carbons (Fsp3) is 0.0714. The van der Waals surface area contributed by atoms with Gasteiger partial charge in [0.15, 0.2) is 0 Å². The van der Waals surface area contributed by atoms with E-state index < -0.39 is 0 Å². The van der Waals surface area contributed by atoms with E-state index in [9.17, 15) is 0 Å². The monoisotopic (exact) mass is 775 g/mol. The number of rotatable bonds is 6. The molecule has 0 unspecified atom stereocenters. The Morgan fingerprint density at radius 2 is 1.12 bits per heavy atom. The molecule has 3 heteroatoms. The Balaban J connectivity index is 1.22. The van der Waals surface area contributed by atoms with E-state index in [0.717, 1.165) is 50.1 Å². The van der Waals surface area contributed by atoms with Crippen LogP contribution in [0, 0.1) is 0 Å². The van der Waals surface area contributed by atoms with Crippen LogP contribution in [0.4, 0.5) is 17.1 Å². The van der Waals surface area contributed by atoms with E-state index in [1.165, 1.54) is 58.8 Å². The standard InChI is InChI=1S/C56H41NOS/c1-56(2,3)40-28-24-36(25-29-40)39-27-32-49(48(34-39)37-14-5-4-6-15-37)57(41-30-31-44-43-18-9-11-22-51(43)58-52(44)35-41)50-33-26-38-16-7-8-17-42(38)54(50)47-21-13-20-46-45-19-10-12-23-53(45)59-55(46)47/h4-35H,1-3H3. The minimum absolute atomic E-state index is 0.0801. The molecule has 0 spiro atoms. The molecule has 0 saturated carbocycles. The highest BCUT2D eigenvalue weighted by molar-refractivity contribution is 7.26. The summed E-state index contributed by atoms with van der Waals surface area (Å²) in [6.45, 7) is 6.80. The van der Waals surface area contributed by atoms with Crippen molar-refractivity contribution < 1.29 is 4.42 Å². The number of anilines is 3. The summed E-state index contributed by atoms with van der Waals surface area (Å²) in [6, 6.07) is 70.9. The van der Waals surface area contributed by atoms with E-state index in [1.54, 1.807) is 0 Å². The van der Waals surface area contributed by atoms with Gasteiger partial charge in [-0.1, -0.05) is 166 Å². The molecule has 282 valence electrons. The number of para-hydroxylation sites is 1. The predicted molar refractivity (Wildman–Crippen MR) is 254 cm³/mol. The van der Waals surface area contributed by atoms with Gasteiger partial charge in [-0.05, 0) is 80.9 Å². The van der Waals surface area contributed by atoms with E-state index in [0.29, 0.717) is 0 Å². The Labute approximate surface area is 348 Å². The van der Waals surface area contributed by atoms with Crippen LogP contribution in [0.25, 0.3) is 86.3 Å². The van der Waals surface area contributed by atoms with Gasteiger partial charge in [-0.15, -0.1) is 11.3 Å². The quantitative estimate of drug-likeness (QED) is 0.167. The lowest BCUT2D eigenvalue weighted by Gasteiger charge is -2.31. The molecular formula is C56H41NOS. The summed E-state index contributed by atoms with van der Waals surface area (Å²) in [5, 5.41) is 7.21. The maximum Gasteiger partial charge on any atom is 0.137 e. The van der Waals surface area contributed by atoms with Crippen molar-refractivity contribution in [3.63, 3.8) is 0 Å². The van der Waals surface area contributed by atoms with Crippen LogP contribution < -0.4 is 4.90 Å². The second-order valence-electron chi connectivity index (χ2n) is 16.5. The van der Waals surface area contributed by atoms with Crippen LogP contribution in [0.3, 0.4) is 0 Å². The highest BCUT2D eigenvalue weighted by Crippen LogP contribution is 2.51. The zero-order valence-electron chi connectivity index (χ0n) is 33.2. The lowest BCUT2D eigenvalue weighted by atomic mass is 9.86. The topological polar surface area (TPSA) is 16.4 Å². The van der Waals surface area contributed by atoms with Crippen molar-refractivity contribution in [3.05, 3.63) is 200 Å². The van der Waals surface area contributed by atoms with Crippen LogP contribution in [-0.2, 0) is 5.41 Å². The van der Waals surface area contributed by atoms with Crippen molar-refractivity contribution in [2.75, 3.05) is 4.90 Å². The number of hydrogen-bond donors (Lipinski definition) is 0. The van der Waals surface area contributed by atoms with Gasteiger partial charge in [-0.2, -0.15) is 0 Å². The summed E-state index contributed by atoms with van der Waals surface area (Å²) in [5.41, 5.74) is 13.5. The van der Waals surface area contributed by atoms with Crippen LogP contribution in [0.5, 0.6) is 0 Å². The molecule has 0 bridgehead atoms. The summed E-state index contributed by atoms with van der Waals surface area (Å²) in [7, 11) is 0. The molecule has 0 aliphatic rings. The third-order valence-electron chi connectivity index (χ3n) is 11.8. The summed E-state index contributed by atoms with van der Waals surface area (Å²) < 4.78 is 9.17. The molecule has 2 aromatic heterocycles. The molecule has 0 saturated heterocycles. The molecule has 2 heterocycles. The number of furan rings is 1. The normalized spacial score (nSPS) is 12.0. The molecule has 0 aliphatic carbocycles. The Hall–Kier alpha value is -6.94. The van der Waals surface area contributed by atoms with Crippen molar-refractivity contribution >= 4 is 81.3 Å². The van der Waals surface area contributed by atoms with Crippen LogP contribution in [-0.4, -0.2) is 0 Å². The average Bonchev–Trinajstić information content (AvgIpc) is 3.85. The van der Waals surface area contributed by atoms with Crippen LogP contribution in [0.15, 0.2) is 199 Å². The van der Waals surface area contributed by atoms with Crippen LogP contribution in [0.2, 0.25) is 0 Å². The zero-order chi connectivity index (χ0) is 39.7. The number of benzene rings is 9. The molecule has 11 rings (SSSR count). The molecule has 11 aromatic rings. The Morgan fingerprint density at radius 1 is 0.441 bits per heavy atom. The van der Waals surface area contributed by atoms with Crippen molar-refractivity contribution in [2.45, 2.75) is 26.2 Å². The number of thiophene rings is 1. The summed E-state index contributed by atoms with van der Waals surface area (Å²) in [4.78, 5) is 2.47. The summed E-state index contributed by atoms with van der Waals surface area (Å²) >= 11 is 1.88. The highest BCUT2D eigenvalue weighted by Gasteiger charge is 2.25. The molecule has 0 radical (unpaired) electrons. The zero-order valence-corrected chi connectivity index (χ0v) is 34.1. The molecule has 0 fully saturated rings. The maximum atomic E-state index is 6.59. The first-order valence-electron chi connectivity index (χ1n) is 20.3. The molecule has 9 aromatic carbocycles. The lowest BCUT2D eigenvalue weighted by molar-refractivity contribution is 0.590. The molecule has 0 atom stereocenters. The fourth-order valence-corrected chi connectivity index (χ4v) is 10.1. The van der Waals surface area contributed by atoms with Crippen LogP contribution in [0.1, 0.15) is 26.3 Å². The Kier molecular flexibility index (Phi) is 8.28. The molecular weight excluding hydrogens is 735 g/mol. The third kappa shape index (κ3) is 6.00. The minimum Gasteiger partial charge on any atom is -0.456 e. The van der Waals surface area contributed by atoms with Gasteiger partial charge in [0.2, 0.25) is 0 Å². The van der Waals surface area contributed by atoms with Crippen molar-refractivity contribution in [1.82, 2.24) is 0 Å². The number of fused-ring (bicyclic) bond motifs is 7. The first kappa shape index (κ1) is 35.2. The predicted octanol–water partition coefficient (Wildman–Crippen LogP) is 16.9. The van der Waals surface area contributed by atoms with Crippen molar-refractivity contribution in [1.29, 1.82) is 0 Å². The second kappa shape index (κ2) is 13.9. The van der Waals surface area contributed by atoms with E-state index in [1.807, 2.05) is 17.4 Å². The van der Waals surface area contributed by atoms with Gasteiger partial charge in [0, 0.05) is 59.4 Å². The SMILES string of the molecule is CC(C)(C)c1ccc(-c2ccc(N(c3ccc4c(c3)oc3ccccc34)c3ccc4ccccc4c3-c3cccc4c3sc3ccccc34)c(-c3ccccc3)c2)cc1. The van der Waals surface area contributed by atoms with Gasteiger partial charge in [-0.3, -0.25) is 0 Å². The van der Waals surface area contributed by atoms with Crippen molar-refractivity contribution in [3.8, 4) is 33.4 Å². The fourth-order valence-electron chi connectivity index (χ4n) is 8.86. The Bertz CT molecular complexity index is 3360. The van der Waals surface area contributed by atoms with E-state index >= 15 is 0 Å². The number of nitrogens with zero attached hydrogens (tertiary/aromatic N) is 1. The number of hydrogen-bond acceptors (Lipinski definition) is 3. The van der Waals surface area contributed by atoms with Gasteiger partial charge in [0.1, 0.15) is 11.2 Å². The minimum atomic E-state index is 0.0801. The highest BCUT2D eigenvalue weighted by atomic mass is 32.1. The van der Waals surface area contributed by atoms with Gasteiger partial charge in [0.05, 0.1) is 11.4 Å². The maximum absolute atomic E-state index is 6.59. The third-order valence-corrected chi connectivity index (χ3v) is 13.1. The summed E-state index contributed by atoms with van der Waals surface area (Å²) in [5.74, 6) is 0. The first-order valence-corrected chi connectivity index (χ1v) is 21.1. The largest absolute Gasteiger partial charge is 0.456 e. The smallest absolute Gasteiger partial charge is 0.137 e. The molecule has 2 nitrogen and oxygen atoms in total. The van der Waals surface area contributed by atoms with E-state index in [4.69, 9.17) is 4.42 Å². The molecule has 0 aliphatic heterocycles. The van der Waals surface area contributed by atoms with Gasteiger partial charge in [-0.25, -0.2) is 0 Å². The van der Waals surface area contributed by atoms with E-state index in [2.05, 4.69) is 214 Å². The van der Waals surface area contributed by atoms with Crippen LogP contribution >= 0.6 is 11.3 Å². The summed E-state index contributed by atoms with van der Waals surface area (Å²) in [6.07, 6.45) is 0. The van der Waals surface area contributed by atoms with Gasteiger partial charge >= 0.3 is 0 Å². The average molecular weight is 776 g/mol. The lowest BCUT2D eigenvalue weighted by Crippen LogP contribution is -2.13.